The van der Waals surface area contributed by atoms with Crippen LogP contribution in [0.15, 0.2) is 18.3 Å². The number of aliphatic hydroxyl groups is 1. The van der Waals surface area contributed by atoms with Crippen LogP contribution in [0.3, 0.4) is 0 Å². The highest BCUT2D eigenvalue weighted by atomic mass is 16.3. The molecule has 1 aliphatic carbocycles. The van der Waals surface area contributed by atoms with E-state index in [0.29, 0.717) is 11.4 Å². The first-order valence-corrected chi connectivity index (χ1v) is 6.34. The number of anilines is 1. The lowest BCUT2D eigenvalue weighted by molar-refractivity contribution is 0.0867. The molecule has 0 radical (unpaired) electrons. The first kappa shape index (κ1) is 12.8. The van der Waals surface area contributed by atoms with Crippen molar-refractivity contribution in [3.05, 3.63) is 24.0 Å². The Hall–Kier alpha value is -1.62. The summed E-state index contributed by atoms with van der Waals surface area (Å²) in [4.78, 5) is 16.0. The van der Waals surface area contributed by atoms with Crippen LogP contribution in [0.5, 0.6) is 0 Å². The Labute approximate surface area is 106 Å². The van der Waals surface area contributed by atoms with E-state index in [4.69, 9.17) is 5.73 Å². The molecule has 1 heterocycles. The second-order valence-corrected chi connectivity index (χ2v) is 4.78. The fourth-order valence-electron chi connectivity index (χ4n) is 2.40. The van der Waals surface area contributed by atoms with Gasteiger partial charge in [0.05, 0.1) is 11.9 Å². The summed E-state index contributed by atoms with van der Waals surface area (Å²) in [5, 5.41) is 12.3. The molecule has 1 aliphatic rings. The van der Waals surface area contributed by atoms with E-state index in [1.807, 2.05) is 0 Å². The number of hydrogen-bond acceptors (Lipinski definition) is 4. The zero-order chi connectivity index (χ0) is 13.0. The Morgan fingerprint density at radius 3 is 2.89 bits per heavy atom. The maximum atomic E-state index is 12.0. The van der Waals surface area contributed by atoms with Gasteiger partial charge in [0.15, 0.2) is 0 Å². The lowest BCUT2D eigenvalue weighted by Crippen LogP contribution is -2.43. The van der Waals surface area contributed by atoms with Gasteiger partial charge >= 0.3 is 0 Å². The first-order chi connectivity index (χ1) is 8.70. The van der Waals surface area contributed by atoms with Crippen molar-refractivity contribution in [1.29, 1.82) is 0 Å². The van der Waals surface area contributed by atoms with E-state index in [2.05, 4.69) is 10.3 Å². The average molecular weight is 249 g/mol. The zero-order valence-corrected chi connectivity index (χ0v) is 10.3. The number of pyridine rings is 1. The van der Waals surface area contributed by atoms with Gasteiger partial charge in [0, 0.05) is 18.6 Å². The number of aromatic nitrogens is 1. The van der Waals surface area contributed by atoms with Gasteiger partial charge in [-0.1, -0.05) is 12.8 Å². The quantitative estimate of drug-likeness (QED) is 0.744. The molecule has 0 saturated heterocycles. The molecule has 5 heteroatoms. The Kier molecular flexibility index (Phi) is 4.15. The van der Waals surface area contributed by atoms with Crippen LogP contribution in [0.4, 0.5) is 5.69 Å². The number of carbonyl (C=O) groups is 1. The van der Waals surface area contributed by atoms with E-state index in [9.17, 15) is 9.90 Å². The fourth-order valence-corrected chi connectivity index (χ4v) is 2.40. The largest absolute Gasteiger partial charge is 0.397 e. The summed E-state index contributed by atoms with van der Waals surface area (Å²) in [6.45, 7) is 0.125. The Morgan fingerprint density at radius 2 is 2.22 bits per heavy atom. The second-order valence-electron chi connectivity index (χ2n) is 4.78. The van der Waals surface area contributed by atoms with Gasteiger partial charge < -0.3 is 16.2 Å². The van der Waals surface area contributed by atoms with Crippen LogP contribution >= 0.6 is 0 Å². The topological polar surface area (TPSA) is 88.2 Å². The van der Waals surface area contributed by atoms with Gasteiger partial charge in [0.25, 0.3) is 5.91 Å². The van der Waals surface area contributed by atoms with Crippen molar-refractivity contribution in [2.24, 2.45) is 5.92 Å². The Bertz CT molecular complexity index is 405. The van der Waals surface area contributed by atoms with Crippen molar-refractivity contribution in [1.82, 2.24) is 10.3 Å². The Balaban J connectivity index is 1.99. The summed E-state index contributed by atoms with van der Waals surface area (Å²) in [6, 6.07) is 3.32. The van der Waals surface area contributed by atoms with Gasteiger partial charge in [0.1, 0.15) is 5.69 Å². The van der Waals surface area contributed by atoms with Crippen LogP contribution in [-0.2, 0) is 0 Å². The van der Waals surface area contributed by atoms with E-state index >= 15 is 0 Å². The molecule has 5 nitrogen and oxygen atoms in total. The smallest absolute Gasteiger partial charge is 0.270 e. The van der Waals surface area contributed by atoms with Gasteiger partial charge in [-0.3, -0.25) is 4.79 Å². The molecule has 2 atom stereocenters. The van der Waals surface area contributed by atoms with Crippen LogP contribution in [0.1, 0.15) is 36.2 Å². The van der Waals surface area contributed by atoms with E-state index in [1.54, 1.807) is 12.1 Å². The van der Waals surface area contributed by atoms with E-state index in [1.165, 1.54) is 6.20 Å². The molecule has 0 spiro atoms. The van der Waals surface area contributed by atoms with Crippen LogP contribution in [0.25, 0.3) is 0 Å². The highest BCUT2D eigenvalue weighted by Gasteiger charge is 2.26. The average Bonchev–Trinajstić information content (AvgIpc) is 2.40. The normalized spacial score (nSPS) is 23.6. The maximum Gasteiger partial charge on any atom is 0.270 e. The maximum absolute atomic E-state index is 12.0. The van der Waals surface area contributed by atoms with E-state index in [-0.39, 0.29) is 24.5 Å². The first-order valence-electron chi connectivity index (χ1n) is 6.34. The minimum Gasteiger partial charge on any atom is -0.397 e. The van der Waals surface area contributed by atoms with Crippen LogP contribution < -0.4 is 11.1 Å². The molecule has 0 aromatic carbocycles. The molecule has 0 bridgehead atoms. The molecule has 4 N–H and O–H groups in total. The number of nitrogen functional groups attached to an aromatic ring is 1. The molecular weight excluding hydrogens is 230 g/mol. The minimum absolute atomic E-state index is 0.0515. The number of aliphatic hydroxyl groups excluding tert-OH is 1. The van der Waals surface area contributed by atoms with Crippen molar-refractivity contribution < 1.29 is 9.90 Å². The summed E-state index contributed by atoms with van der Waals surface area (Å²) in [7, 11) is 0. The van der Waals surface area contributed by atoms with Crippen molar-refractivity contribution in [2.45, 2.75) is 31.7 Å². The zero-order valence-electron chi connectivity index (χ0n) is 10.3. The third-order valence-electron chi connectivity index (χ3n) is 3.48. The van der Waals surface area contributed by atoms with Gasteiger partial charge in [-0.15, -0.1) is 0 Å². The number of carbonyl (C=O) groups excluding carboxylic acids is 1. The lowest BCUT2D eigenvalue weighted by Gasteiger charge is -2.30. The molecule has 1 aromatic heterocycles. The number of rotatable bonds is 3. The van der Waals surface area contributed by atoms with Gasteiger partial charge in [0.2, 0.25) is 0 Å². The van der Waals surface area contributed by atoms with Gasteiger partial charge in [-0.2, -0.15) is 0 Å². The molecule has 2 rings (SSSR count). The third kappa shape index (κ3) is 2.98. The SMILES string of the molecule is Nc1ccc(C(=O)NC2CCCCC2CO)nc1. The predicted molar refractivity (Wildman–Crippen MR) is 68.9 cm³/mol. The molecule has 2 unspecified atom stereocenters. The minimum atomic E-state index is -0.194. The molecule has 0 aliphatic heterocycles. The van der Waals surface area contributed by atoms with E-state index < -0.39 is 0 Å². The second kappa shape index (κ2) is 5.82. The van der Waals surface area contributed by atoms with Crippen molar-refractivity contribution in [3.63, 3.8) is 0 Å². The number of nitrogens with one attached hydrogen (secondary N) is 1. The van der Waals surface area contributed by atoms with Crippen molar-refractivity contribution in [3.8, 4) is 0 Å². The number of hydrogen-bond donors (Lipinski definition) is 3. The van der Waals surface area contributed by atoms with E-state index in [0.717, 1.165) is 25.7 Å². The molecule has 1 saturated carbocycles. The molecular formula is C13H19N3O2. The summed E-state index contributed by atoms with van der Waals surface area (Å²) < 4.78 is 0. The standard InChI is InChI=1S/C13H19N3O2/c14-10-5-6-12(15-7-10)13(18)16-11-4-2-1-3-9(11)8-17/h5-7,9,11,17H,1-4,8,14H2,(H,16,18). The summed E-state index contributed by atoms with van der Waals surface area (Å²) in [6.07, 6.45) is 5.58. The third-order valence-corrected chi connectivity index (χ3v) is 3.48. The number of nitrogens with zero attached hydrogens (tertiary/aromatic N) is 1. The van der Waals surface area contributed by atoms with Gasteiger partial charge in [-0.05, 0) is 25.0 Å². The van der Waals surface area contributed by atoms with Crippen LogP contribution in [-0.4, -0.2) is 28.6 Å². The van der Waals surface area contributed by atoms with Crippen LogP contribution in [0.2, 0.25) is 0 Å². The van der Waals surface area contributed by atoms with Crippen molar-refractivity contribution >= 4 is 11.6 Å². The summed E-state index contributed by atoms with van der Waals surface area (Å²) in [5.41, 5.74) is 6.43. The van der Waals surface area contributed by atoms with Gasteiger partial charge in [-0.25, -0.2) is 4.98 Å². The molecule has 18 heavy (non-hydrogen) atoms. The fraction of sp³-hybridized carbons (Fsp3) is 0.538. The highest BCUT2D eigenvalue weighted by molar-refractivity contribution is 5.92. The Morgan fingerprint density at radius 1 is 1.44 bits per heavy atom. The summed E-state index contributed by atoms with van der Waals surface area (Å²) in [5.74, 6) is -0.0307. The monoisotopic (exact) mass is 249 g/mol. The van der Waals surface area contributed by atoms with Crippen LogP contribution in [0, 0.1) is 5.92 Å². The highest BCUT2D eigenvalue weighted by Crippen LogP contribution is 2.24. The molecule has 1 fully saturated rings. The lowest BCUT2D eigenvalue weighted by atomic mass is 9.85. The summed E-state index contributed by atoms with van der Waals surface area (Å²) >= 11 is 0. The predicted octanol–water partition coefficient (Wildman–Crippen LogP) is 0.945. The molecule has 98 valence electrons. The molecule has 1 amide bonds. The number of amides is 1. The number of nitrogens with two attached hydrogens (primary N) is 1. The van der Waals surface area contributed by atoms with Crippen molar-refractivity contribution in [2.75, 3.05) is 12.3 Å². The molecule has 1 aromatic rings.